The molecule has 2 rings (SSSR count). The van der Waals surface area contributed by atoms with Crippen molar-refractivity contribution in [1.29, 1.82) is 0 Å². The van der Waals surface area contributed by atoms with Crippen molar-refractivity contribution < 1.29 is 13.2 Å². The molecule has 0 heterocycles. The van der Waals surface area contributed by atoms with Gasteiger partial charge < -0.3 is 5.73 Å². The standard InChI is InChI=1S/C16H19F3N2/c17-16(18,19)14-7-5-12(6-8-14)9-15(20)11-21-10-13-3-1-2-4-13/h5,7,10,13,15H,1-4,9,11,20H2/t15-/m0/s1. The van der Waals surface area contributed by atoms with Gasteiger partial charge in [-0.05, 0) is 37.3 Å². The summed E-state index contributed by atoms with van der Waals surface area (Å²) >= 11 is 0. The summed E-state index contributed by atoms with van der Waals surface area (Å²) in [6.07, 6.45) is 2.98. The van der Waals surface area contributed by atoms with Crippen molar-refractivity contribution in [1.82, 2.24) is 0 Å². The van der Waals surface area contributed by atoms with Gasteiger partial charge in [0.1, 0.15) is 5.56 Å². The number of rotatable bonds is 5. The zero-order chi connectivity index (χ0) is 15.3. The highest BCUT2D eigenvalue weighted by Gasteiger charge is 2.30. The zero-order valence-corrected chi connectivity index (χ0v) is 11.8. The predicted octanol–water partition coefficient (Wildman–Crippen LogP) is 3.44. The van der Waals surface area contributed by atoms with E-state index >= 15 is 0 Å². The number of aliphatic imine (C=N–C) groups is 1. The second kappa shape index (κ2) is 6.95. The normalized spacial score (nSPS) is 18.1. The van der Waals surface area contributed by atoms with E-state index in [2.05, 4.69) is 17.1 Å². The monoisotopic (exact) mass is 296 g/mol. The van der Waals surface area contributed by atoms with Gasteiger partial charge in [0.15, 0.2) is 0 Å². The molecule has 1 atom stereocenters. The molecule has 1 fully saturated rings. The van der Waals surface area contributed by atoms with Crippen LogP contribution in [-0.2, 0) is 12.6 Å². The maximum Gasteiger partial charge on any atom is 0.424 e. The topological polar surface area (TPSA) is 38.4 Å². The van der Waals surface area contributed by atoms with E-state index in [1.165, 1.54) is 31.7 Å². The van der Waals surface area contributed by atoms with Crippen LogP contribution in [0.15, 0.2) is 17.1 Å². The first kappa shape index (κ1) is 15.8. The lowest BCUT2D eigenvalue weighted by Gasteiger charge is -2.08. The van der Waals surface area contributed by atoms with Crippen molar-refractivity contribution in [2.75, 3.05) is 6.54 Å². The third kappa shape index (κ3) is 5.05. The highest BCUT2D eigenvalue weighted by Crippen LogP contribution is 2.27. The molecule has 0 aliphatic heterocycles. The quantitative estimate of drug-likeness (QED) is 0.831. The van der Waals surface area contributed by atoms with Crippen LogP contribution in [0.4, 0.5) is 13.2 Å². The van der Waals surface area contributed by atoms with Crippen LogP contribution in [0.3, 0.4) is 0 Å². The summed E-state index contributed by atoms with van der Waals surface area (Å²) in [5, 5.41) is 0. The summed E-state index contributed by atoms with van der Waals surface area (Å²) < 4.78 is 37.2. The fourth-order valence-electron chi connectivity index (χ4n) is 2.50. The summed E-state index contributed by atoms with van der Waals surface area (Å²) in [7, 11) is 0. The van der Waals surface area contributed by atoms with Crippen LogP contribution in [0, 0.1) is 18.1 Å². The second-order valence-corrected chi connectivity index (χ2v) is 5.54. The van der Waals surface area contributed by atoms with E-state index in [9.17, 15) is 13.2 Å². The SMILES string of the molecule is N[C@H](CN=CC1CCCC1)Cc1c#cc(C(F)(F)F)cc1. The Balaban J connectivity index is 1.80. The molecule has 114 valence electrons. The van der Waals surface area contributed by atoms with E-state index in [-0.39, 0.29) is 6.04 Å². The lowest BCUT2D eigenvalue weighted by Crippen LogP contribution is -2.26. The van der Waals surface area contributed by atoms with Gasteiger partial charge in [-0.15, -0.1) is 0 Å². The highest BCUT2D eigenvalue weighted by atomic mass is 19.4. The van der Waals surface area contributed by atoms with Crippen LogP contribution in [0.2, 0.25) is 0 Å². The van der Waals surface area contributed by atoms with Crippen molar-refractivity contribution in [3.63, 3.8) is 0 Å². The van der Waals surface area contributed by atoms with Crippen molar-refractivity contribution in [2.24, 2.45) is 16.6 Å². The molecule has 0 saturated heterocycles. The molecule has 0 bridgehead atoms. The third-order valence-electron chi connectivity index (χ3n) is 3.65. The molecule has 0 amide bonds. The van der Waals surface area contributed by atoms with Crippen LogP contribution in [0.25, 0.3) is 0 Å². The first-order valence-electron chi connectivity index (χ1n) is 7.21. The second-order valence-electron chi connectivity index (χ2n) is 5.54. The van der Waals surface area contributed by atoms with Crippen LogP contribution in [-0.4, -0.2) is 18.8 Å². The molecule has 1 aromatic rings. The van der Waals surface area contributed by atoms with Crippen LogP contribution < -0.4 is 5.73 Å². The zero-order valence-electron chi connectivity index (χ0n) is 11.8. The number of hydrogen-bond acceptors (Lipinski definition) is 2. The maximum absolute atomic E-state index is 12.4. The molecule has 5 heteroatoms. The summed E-state index contributed by atoms with van der Waals surface area (Å²) in [5.74, 6) is 0.572. The molecule has 0 radical (unpaired) electrons. The summed E-state index contributed by atoms with van der Waals surface area (Å²) in [5.41, 5.74) is 5.77. The average Bonchev–Trinajstić information content (AvgIpc) is 2.91. The minimum absolute atomic E-state index is 0.205. The average molecular weight is 296 g/mol. The fraction of sp³-hybridized carbons (Fsp3) is 0.562. The molecule has 0 spiro atoms. The summed E-state index contributed by atoms with van der Waals surface area (Å²) in [6, 6.07) is 6.88. The molecule has 0 unspecified atom stereocenters. The minimum atomic E-state index is -4.37. The van der Waals surface area contributed by atoms with Gasteiger partial charge in [0.25, 0.3) is 0 Å². The predicted molar refractivity (Wildman–Crippen MR) is 76.1 cm³/mol. The summed E-state index contributed by atoms with van der Waals surface area (Å²) in [4.78, 5) is 4.35. The minimum Gasteiger partial charge on any atom is -0.326 e. The molecule has 1 aromatic carbocycles. The summed E-state index contributed by atoms with van der Waals surface area (Å²) in [6.45, 7) is 0.491. The molecular formula is C16H19F3N2. The highest BCUT2D eigenvalue weighted by molar-refractivity contribution is 5.61. The van der Waals surface area contributed by atoms with Crippen molar-refractivity contribution in [2.45, 2.75) is 44.3 Å². The molecule has 2 N–H and O–H groups in total. The van der Waals surface area contributed by atoms with E-state index in [0.717, 1.165) is 6.07 Å². The Morgan fingerprint density at radius 1 is 1.29 bits per heavy atom. The molecular weight excluding hydrogens is 277 g/mol. The van der Waals surface area contributed by atoms with Gasteiger partial charge in [-0.25, -0.2) is 0 Å². The number of hydrogen-bond donors (Lipinski definition) is 1. The Kier molecular flexibility index (Phi) is 5.24. The molecule has 1 saturated carbocycles. The lowest BCUT2D eigenvalue weighted by atomic mass is 10.1. The van der Waals surface area contributed by atoms with E-state index in [1.807, 2.05) is 6.21 Å². The van der Waals surface area contributed by atoms with E-state index in [1.54, 1.807) is 0 Å². The maximum atomic E-state index is 12.4. The molecule has 2 nitrogen and oxygen atoms in total. The largest absolute Gasteiger partial charge is 0.424 e. The van der Waals surface area contributed by atoms with Gasteiger partial charge in [-0.1, -0.05) is 25.0 Å². The fourth-order valence-corrected chi connectivity index (χ4v) is 2.50. The van der Waals surface area contributed by atoms with E-state index in [4.69, 9.17) is 5.73 Å². The van der Waals surface area contributed by atoms with Crippen molar-refractivity contribution in [3.05, 3.63) is 35.4 Å². The van der Waals surface area contributed by atoms with Crippen LogP contribution in [0.1, 0.15) is 36.8 Å². The number of nitrogens with two attached hydrogens (primary N) is 1. The van der Waals surface area contributed by atoms with Gasteiger partial charge in [0, 0.05) is 17.8 Å². The molecule has 0 aromatic heterocycles. The number of nitrogens with zero attached hydrogens (tertiary/aromatic N) is 1. The van der Waals surface area contributed by atoms with Gasteiger partial charge in [-0.3, -0.25) is 4.99 Å². The van der Waals surface area contributed by atoms with Crippen LogP contribution >= 0.6 is 0 Å². The number of halogens is 3. The Morgan fingerprint density at radius 3 is 2.57 bits per heavy atom. The van der Waals surface area contributed by atoms with Crippen molar-refractivity contribution in [3.8, 4) is 0 Å². The van der Waals surface area contributed by atoms with E-state index < -0.39 is 11.7 Å². The molecule has 1 aliphatic carbocycles. The van der Waals surface area contributed by atoms with Gasteiger partial charge in [-0.2, -0.15) is 13.2 Å². The number of alkyl halides is 3. The van der Waals surface area contributed by atoms with Crippen molar-refractivity contribution >= 4 is 6.21 Å². The Bertz CT molecular complexity index is 459. The van der Waals surface area contributed by atoms with E-state index in [0.29, 0.717) is 24.4 Å². The molecule has 1 aliphatic rings. The Hall–Kier alpha value is -1.54. The Morgan fingerprint density at radius 2 is 2.00 bits per heavy atom. The molecule has 21 heavy (non-hydrogen) atoms. The smallest absolute Gasteiger partial charge is 0.326 e. The van der Waals surface area contributed by atoms with Gasteiger partial charge in [0.05, 0.1) is 6.54 Å². The lowest BCUT2D eigenvalue weighted by molar-refractivity contribution is -0.137. The van der Waals surface area contributed by atoms with Gasteiger partial charge >= 0.3 is 6.18 Å². The first-order chi connectivity index (χ1) is 9.95. The Labute approximate surface area is 123 Å². The van der Waals surface area contributed by atoms with Gasteiger partial charge in [0.2, 0.25) is 0 Å². The van der Waals surface area contributed by atoms with Crippen LogP contribution in [0.5, 0.6) is 0 Å². The first-order valence-corrected chi connectivity index (χ1v) is 7.21. The third-order valence-corrected chi connectivity index (χ3v) is 3.65.